The fourth-order valence-electron chi connectivity index (χ4n) is 2.25. The Morgan fingerprint density at radius 2 is 2.14 bits per heavy atom. The molecule has 2 heterocycles. The maximum Gasteiger partial charge on any atom is 0.271 e. The fraction of sp³-hybridized carbons (Fsp3) is 0.133. The molecule has 0 aliphatic heterocycles. The van der Waals surface area contributed by atoms with Gasteiger partial charge in [0.25, 0.3) is 5.91 Å². The highest BCUT2D eigenvalue weighted by molar-refractivity contribution is 7.13. The van der Waals surface area contributed by atoms with E-state index < -0.39 is 11.8 Å². The number of primary amides is 1. The highest BCUT2D eigenvalue weighted by atomic mass is 32.1. The standard InChI is InChI=1S/C15H14N4O2S/c1-19-11-5-3-2-4-9(11)6-12(19)15-18-10(8-22-15)14(21)17-7-13(16)20/h2-6,8H,7H2,1H3,(H2,16,20)(H,17,21). The molecule has 0 unspecified atom stereocenters. The number of nitrogens with zero attached hydrogens (tertiary/aromatic N) is 2. The van der Waals surface area contributed by atoms with E-state index in [0.29, 0.717) is 0 Å². The first-order chi connectivity index (χ1) is 10.6. The Labute approximate surface area is 130 Å². The van der Waals surface area contributed by atoms with Gasteiger partial charge < -0.3 is 15.6 Å². The molecule has 1 aromatic carbocycles. The number of nitrogens with two attached hydrogens (primary N) is 1. The van der Waals surface area contributed by atoms with E-state index in [1.165, 1.54) is 11.3 Å². The topological polar surface area (TPSA) is 90.0 Å². The van der Waals surface area contributed by atoms with Gasteiger partial charge in [0.2, 0.25) is 5.91 Å². The zero-order valence-corrected chi connectivity index (χ0v) is 12.7. The third-order valence-electron chi connectivity index (χ3n) is 3.33. The fourth-order valence-corrected chi connectivity index (χ4v) is 3.10. The maximum absolute atomic E-state index is 11.9. The molecule has 112 valence electrons. The Hall–Kier alpha value is -2.67. The monoisotopic (exact) mass is 314 g/mol. The summed E-state index contributed by atoms with van der Waals surface area (Å²) < 4.78 is 2.04. The van der Waals surface area contributed by atoms with Crippen molar-refractivity contribution in [2.45, 2.75) is 0 Å². The summed E-state index contributed by atoms with van der Waals surface area (Å²) in [6.45, 7) is -0.195. The van der Waals surface area contributed by atoms with Gasteiger partial charge in [-0.25, -0.2) is 4.98 Å². The molecule has 0 saturated carbocycles. The van der Waals surface area contributed by atoms with Crippen LogP contribution < -0.4 is 11.1 Å². The number of hydrogen-bond acceptors (Lipinski definition) is 4. The van der Waals surface area contributed by atoms with Gasteiger partial charge in [0.1, 0.15) is 10.7 Å². The van der Waals surface area contributed by atoms with Crippen LogP contribution in [0.25, 0.3) is 21.6 Å². The van der Waals surface area contributed by atoms with E-state index in [0.717, 1.165) is 21.6 Å². The Bertz CT molecular complexity index is 865. The largest absolute Gasteiger partial charge is 0.368 e. The van der Waals surface area contributed by atoms with Crippen molar-refractivity contribution < 1.29 is 9.59 Å². The number of rotatable bonds is 4. The predicted octanol–water partition coefficient (Wildman–Crippen LogP) is 1.52. The molecule has 6 nitrogen and oxygen atoms in total. The predicted molar refractivity (Wildman–Crippen MR) is 85.6 cm³/mol. The summed E-state index contributed by atoms with van der Waals surface area (Å²) in [7, 11) is 1.96. The second-order valence-corrected chi connectivity index (χ2v) is 5.69. The van der Waals surface area contributed by atoms with Crippen molar-refractivity contribution in [3.63, 3.8) is 0 Å². The van der Waals surface area contributed by atoms with Gasteiger partial charge in [0.05, 0.1) is 12.2 Å². The van der Waals surface area contributed by atoms with Crippen LogP contribution in [0.3, 0.4) is 0 Å². The molecule has 3 rings (SSSR count). The average molecular weight is 314 g/mol. The quantitative estimate of drug-likeness (QED) is 0.765. The number of carbonyl (C=O) groups excluding carboxylic acids is 2. The molecule has 2 aromatic heterocycles. The minimum absolute atomic E-state index is 0.195. The van der Waals surface area contributed by atoms with Gasteiger partial charge in [0.15, 0.2) is 0 Å². The van der Waals surface area contributed by atoms with E-state index in [4.69, 9.17) is 5.73 Å². The number of benzene rings is 1. The summed E-state index contributed by atoms with van der Waals surface area (Å²) in [5, 5.41) is 5.97. The molecular weight excluding hydrogens is 300 g/mol. The number of amides is 2. The van der Waals surface area contributed by atoms with Gasteiger partial charge in [-0.15, -0.1) is 11.3 Å². The minimum atomic E-state index is -0.586. The van der Waals surface area contributed by atoms with Crippen molar-refractivity contribution >= 4 is 34.1 Å². The van der Waals surface area contributed by atoms with Gasteiger partial charge in [-0.2, -0.15) is 0 Å². The van der Waals surface area contributed by atoms with Gasteiger partial charge in [-0.3, -0.25) is 9.59 Å². The van der Waals surface area contributed by atoms with E-state index in [9.17, 15) is 9.59 Å². The van der Waals surface area contributed by atoms with Crippen LogP contribution in [0.4, 0.5) is 0 Å². The normalized spacial score (nSPS) is 10.8. The van der Waals surface area contributed by atoms with Crippen LogP contribution in [-0.2, 0) is 11.8 Å². The van der Waals surface area contributed by atoms with E-state index in [2.05, 4.69) is 10.3 Å². The summed E-state index contributed by atoms with van der Waals surface area (Å²) in [4.78, 5) is 26.9. The zero-order chi connectivity index (χ0) is 15.7. The van der Waals surface area contributed by atoms with Crippen LogP contribution in [0.1, 0.15) is 10.5 Å². The van der Waals surface area contributed by atoms with E-state index in [1.807, 2.05) is 41.9 Å². The molecule has 0 aliphatic carbocycles. The third-order valence-corrected chi connectivity index (χ3v) is 4.20. The number of carbonyl (C=O) groups is 2. The summed E-state index contributed by atoms with van der Waals surface area (Å²) in [6, 6.07) is 10.1. The van der Waals surface area contributed by atoms with Gasteiger partial charge in [-0.1, -0.05) is 18.2 Å². The minimum Gasteiger partial charge on any atom is -0.368 e. The maximum atomic E-state index is 11.9. The number of para-hydroxylation sites is 1. The second kappa shape index (κ2) is 5.61. The van der Waals surface area contributed by atoms with Crippen molar-refractivity contribution in [3.05, 3.63) is 41.4 Å². The van der Waals surface area contributed by atoms with Crippen LogP contribution >= 0.6 is 11.3 Å². The first-order valence-corrected chi connectivity index (χ1v) is 7.51. The second-order valence-electron chi connectivity index (χ2n) is 4.83. The molecule has 0 atom stereocenters. The molecule has 2 amide bonds. The van der Waals surface area contributed by atoms with Crippen LogP contribution in [0.2, 0.25) is 0 Å². The molecule has 0 radical (unpaired) electrons. The Morgan fingerprint density at radius 3 is 2.86 bits per heavy atom. The lowest BCUT2D eigenvalue weighted by Crippen LogP contribution is -2.33. The van der Waals surface area contributed by atoms with Crippen LogP contribution in [-0.4, -0.2) is 27.9 Å². The molecule has 0 fully saturated rings. The Balaban J connectivity index is 1.91. The SMILES string of the molecule is Cn1c(-c2nc(C(=O)NCC(N)=O)cs2)cc2ccccc21. The smallest absolute Gasteiger partial charge is 0.271 e. The highest BCUT2D eigenvalue weighted by Crippen LogP contribution is 2.29. The number of thiazole rings is 1. The van der Waals surface area contributed by atoms with Crippen molar-refractivity contribution in [2.75, 3.05) is 6.54 Å². The molecular formula is C15H14N4O2S. The van der Waals surface area contributed by atoms with E-state index in [-0.39, 0.29) is 12.2 Å². The lowest BCUT2D eigenvalue weighted by molar-refractivity contribution is -0.117. The Morgan fingerprint density at radius 1 is 1.36 bits per heavy atom. The first-order valence-electron chi connectivity index (χ1n) is 6.63. The summed E-state index contributed by atoms with van der Waals surface area (Å²) in [5.41, 5.74) is 7.34. The summed E-state index contributed by atoms with van der Waals surface area (Å²) >= 11 is 1.39. The number of fused-ring (bicyclic) bond motifs is 1. The molecule has 0 bridgehead atoms. The van der Waals surface area contributed by atoms with Crippen LogP contribution in [0.5, 0.6) is 0 Å². The Kier molecular flexibility index (Phi) is 3.64. The molecule has 22 heavy (non-hydrogen) atoms. The molecule has 7 heteroatoms. The van der Waals surface area contributed by atoms with Gasteiger partial charge >= 0.3 is 0 Å². The van der Waals surface area contributed by atoms with Crippen molar-refractivity contribution in [1.82, 2.24) is 14.9 Å². The van der Waals surface area contributed by atoms with Crippen LogP contribution in [0, 0.1) is 0 Å². The lowest BCUT2D eigenvalue weighted by Gasteiger charge is -2.01. The van der Waals surface area contributed by atoms with E-state index in [1.54, 1.807) is 5.38 Å². The zero-order valence-electron chi connectivity index (χ0n) is 11.9. The number of aromatic nitrogens is 2. The molecule has 0 aliphatic rings. The van der Waals surface area contributed by atoms with Crippen LogP contribution in [0.15, 0.2) is 35.7 Å². The summed E-state index contributed by atoms with van der Waals surface area (Å²) in [5.74, 6) is -0.988. The van der Waals surface area contributed by atoms with E-state index >= 15 is 0 Å². The highest BCUT2D eigenvalue weighted by Gasteiger charge is 2.15. The number of nitrogens with one attached hydrogen (secondary N) is 1. The first kappa shape index (κ1) is 14.3. The molecule has 3 N–H and O–H groups in total. The average Bonchev–Trinajstić information content (AvgIpc) is 3.10. The number of aryl methyl sites for hydroxylation is 1. The van der Waals surface area contributed by atoms with Crippen molar-refractivity contribution in [2.24, 2.45) is 12.8 Å². The van der Waals surface area contributed by atoms with Crippen molar-refractivity contribution in [3.8, 4) is 10.7 Å². The molecule has 0 spiro atoms. The summed E-state index contributed by atoms with van der Waals surface area (Å²) in [6.07, 6.45) is 0. The lowest BCUT2D eigenvalue weighted by atomic mass is 10.2. The van der Waals surface area contributed by atoms with Gasteiger partial charge in [-0.05, 0) is 12.1 Å². The molecule has 0 saturated heterocycles. The third kappa shape index (κ3) is 2.58. The van der Waals surface area contributed by atoms with Gasteiger partial charge in [0, 0.05) is 23.3 Å². The van der Waals surface area contributed by atoms with Crippen molar-refractivity contribution in [1.29, 1.82) is 0 Å². The molecule has 3 aromatic rings. The number of hydrogen-bond donors (Lipinski definition) is 2.